The molecule has 2 amide bonds. The fourth-order valence-corrected chi connectivity index (χ4v) is 6.23. The van der Waals surface area contributed by atoms with Gasteiger partial charge in [0.1, 0.15) is 0 Å². The Morgan fingerprint density at radius 3 is 2.10 bits per heavy atom. The maximum absolute atomic E-state index is 14.2. The van der Waals surface area contributed by atoms with Crippen LogP contribution in [0.2, 0.25) is 0 Å². The standard InChI is InChI=1S/C34H25N3O2/c1-20-18-21(2)32(22(3)19-20)37-33(38)26-10-7-13-29(31(26)34(37)39)36-27-11-5-4-8-25(27)30-24(9-6-12-28(30)36)23-14-16-35-17-15-23/h4-19H,1-3H3. The van der Waals surface area contributed by atoms with Crippen LogP contribution in [0.4, 0.5) is 5.69 Å². The van der Waals surface area contributed by atoms with Gasteiger partial charge in [-0.1, -0.05) is 54.1 Å². The number of hydrogen-bond acceptors (Lipinski definition) is 3. The minimum atomic E-state index is -0.295. The van der Waals surface area contributed by atoms with Gasteiger partial charge in [0.05, 0.1) is 33.5 Å². The SMILES string of the molecule is Cc1cc(C)c(N2C(=O)c3cccc(-n4c5ccccc5c5c(-c6ccncc6)cccc54)c3C2=O)c(C)c1. The van der Waals surface area contributed by atoms with E-state index in [2.05, 4.69) is 33.8 Å². The second-order valence-corrected chi connectivity index (χ2v) is 10.2. The molecular formula is C34H25N3O2. The number of nitrogens with zero attached hydrogens (tertiary/aromatic N) is 3. The lowest BCUT2D eigenvalue weighted by atomic mass is 10.0. The van der Waals surface area contributed by atoms with E-state index in [0.29, 0.717) is 22.5 Å². The third kappa shape index (κ3) is 3.29. The second-order valence-electron chi connectivity index (χ2n) is 10.2. The van der Waals surface area contributed by atoms with E-state index in [0.717, 1.165) is 49.6 Å². The number of pyridine rings is 1. The fraction of sp³-hybridized carbons (Fsp3) is 0.0882. The highest BCUT2D eigenvalue weighted by molar-refractivity contribution is 6.36. The van der Waals surface area contributed by atoms with Gasteiger partial charge in [-0.15, -0.1) is 0 Å². The topological polar surface area (TPSA) is 55.2 Å². The van der Waals surface area contributed by atoms with E-state index in [4.69, 9.17) is 0 Å². The summed E-state index contributed by atoms with van der Waals surface area (Å²) in [5, 5.41) is 2.17. The van der Waals surface area contributed by atoms with E-state index in [1.807, 2.05) is 75.4 Å². The molecule has 7 rings (SSSR count). The molecule has 0 N–H and O–H groups in total. The Balaban J connectivity index is 1.51. The van der Waals surface area contributed by atoms with Crippen molar-refractivity contribution >= 4 is 39.3 Å². The number of para-hydroxylation sites is 1. The molecule has 5 nitrogen and oxygen atoms in total. The van der Waals surface area contributed by atoms with Gasteiger partial charge >= 0.3 is 0 Å². The molecule has 0 bridgehead atoms. The molecule has 0 spiro atoms. The summed E-state index contributed by atoms with van der Waals surface area (Å²) >= 11 is 0. The molecule has 3 heterocycles. The Morgan fingerprint density at radius 2 is 1.33 bits per heavy atom. The molecule has 2 aromatic heterocycles. The van der Waals surface area contributed by atoms with Crippen molar-refractivity contribution in [2.45, 2.75) is 20.8 Å². The summed E-state index contributed by atoms with van der Waals surface area (Å²) in [5.74, 6) is -0.581. The average molecular weight is 508 g/mol. The number of hydrogen-bond donors (Lipinski definition) is 0. The molecule has 1 aliphatic heterocycles. The first-order chi connectivity index (χ1) is 19.0. The molecule has 0 atom stereocenters. The van der Waals surface area contributed by atoms with Gasteiger partial charge in [-0.3, -0.25) is 14.6 Å². The highest BCUT2D eigenvalue weighted by Gasteiger charge is 2.40. The Hall–Kier alpha value is -5.03. The molecule has 0 saturated heterocycles. The van der Waals surface area contributed by atoms with Gasteiger partial charge in [0.2, 0.25) is 0 Å². The summed E-state index contributed by atoms with van der Waals surface area (Å²) in [7, 11) is 0. The van der Waals surface area contributed by atoms with Crippen LogP contribution in [0.1, 0.15) is 37.4 Å². The number of carbonyl (C=O) groups excluding carboxylic acids is 2. The Kier molecular flexibility index (Phi) is 5.04. The number of amides is 2. The van der Waals surface area contributed by atoms with E-state index in [1.165, 1.54) is 4.90 Å². The van der Waals surface area contributed by atoms with Gasteiger partial charge in [0.15, 0.2) is 0 Å². The smallest absolute Gasteiger partial charge is 0.268 e. The third-order valence-corrected chi connectivity index (χ3v) is 7.68. The van der Waals surface area contributed by atoms with E-state index in [1.54, 1.807) is 18.5 Å². The maximum Gasteiger partial charge on any atom is 0.268 e. The molecule has 1 aliphatic rings. The van der Waals surface area contributed by atoms with Crippen LogP contribution in [-0.2, 0) is 0 Å². The van der Waals surface area contributed by atoms with Crippen molar-refractivity contribution < 1.29 is 9.59 Å². The Labute approximate surface area is 226 Å². The number of carbonyl (C=O) groups is 2. The summed E-state index contributed by atoms with van der Waals surface area (Å²) in [4.78, 5) is 33.5. The summed E-state index contributed by atoms with van der Waals surface area (Å²) in [6.45, 7) is 5.92. The molecule has 4 aromatic carbocycles. The second kappa shape index (κ2) is 8.50. The number of aryl methyl sites for hydroxylation is 3. The van der Waals surface area contributed by atoms with E-state index in [-0.39, 0.29) is 11.8 Å². The molecule has 0 radical (unpaired) electrons. The van der Waals surface area contributed by atoms with Crippen LogP contribution < -0.4 is 4.90 Å². The van der Waals surface area contributed by atoms with Crippen molar-refractivity contribution in [1.29, 1.82) is 0 Å². The van der Waals surface area contributed by atoms with Gasteiger partial charge in [-0.25, -0.2) is 4.90 Å². The van der Waals surface area contributed by atoms with Crippen LogP contribution in [0.25, 0.3) is 38.6 Å². The monoisotopic (exact) mass is 507 g/mol. The van der Waals surface area contributed by atoms with Crippen LogP contribution in [0, 0.1) is 20.8 Å². The molecule has 39 heavy (non-hydrogen) atoms. The zero-order chi connectivity index (χ0) is 26.8. The largest absolute Gasteiger partial charge is 0.308 e. The van der Waals surface area contributed by atoms with Crippen molar-refractivity contribution in [3.8, 4) is 16.8 Å². The third-order valence-electron chi connectivity index (χ3n) is 7.68. The van der Waals surface area contributed by atoms with E-state index >= 15 is 0 Å². The van der Waals surface area contributed by atoms with Gasteiger partial charge in [-0.05, 0) is 79.4 Å². The Morgan fingerprint density at radius 1 is 0.667 bits per heavy atom. The zero-order valence-corrected chi connectivity index (χ0v) is 21.9. The maximum atomic E-state index is 14.2. The number of imide groups is 1. The lowest BCUT2D eigenvalue weighted by Crippen LogP contribution is -2.31. The van der Waals surface area contributed by atoms with Crippen LogP contribution in [0.3, 0.4) is 0 Å². The molecule has 6 aromatic rings. The first-order valence-electron chi connectivity index (χ1n) is 13.0. The number of benzene rings is 4. The lowest BCUT2D eigenvalue weighted by Gasteiger charge is -2.20. The minimum absolute atomic E-state index is 0.287. The average Bonchev–Trinajstić information content (AvgIpc) is 3.41. The number of rotatable bonds is 3. The fourth-order valence-electron chi connectivity index (χ4n) is 6.23. The molecular weight excluding hydrogens is 482 g/mol. The summed E-state index contributed by atoms with van der Waals surface area (Å²) in [5.41, 5.74) is 9.24. The van der Waals surface area contributed by atoms with Gasteiger partial charge in [-0.2, -0.15) is 0 Å². The molecule has 5 heteroatoms. The van der Waals surface area contributed by atoms with Crippen LogP contribution >= 0.6 is 0 Å². The van der Waals surface area contributed by atoms with Gasteiger partial charge in [0, 0.05) is 23.2 Å². The molecule has 0 saturated carbocycles. The number of fused-ring (bicyclic) bond motifs is 4. The van der Waals surface area contributed by atoms with Crippen molar-refractivity contribution in [1.82, 2.24) is 9.55 Å². The van der Waals surface area contributed by atoms with Crippen molar-refractivity contribution in [2.24, 2.45) is 0 Å². The van der Waals surface area contributed by atoms with Crippen molar-refractivity contribution in [3.05, 3.63) is 125 Å². The van der Waals surface area contributed by atoms with Gasteiger partial charge < -0.3 is 4.57 Å². The molecule has 0 aliphatic carbocycles. The summed E-state index contributed by atoms with van der Waals surface area (Å²) in [6, 6.07) is 28.0. The van der Waals surface area contributed by atoms with E-state index < -0.39 is 0 Å². The van der Waals surface area contributed by atoms with Crippen LogP contribution in [0.5, 0.6) is 0 Å². The van der Waals surface area contributed by atoms with Crippen molar-refractivity contribution in [3.63, 3.8) is 0 Å². The first-order valence-corrected chi connectivity index (χ1v) is 13.0. The van der Waals surface area contributed by atoms with Gasteiger partial charge in [0.25, 0.3) is 11.8 Å². The van der Waals surface area contributed by atoms with E-state index in [9.17, 15) is 9.59 Å². The van der Waals surface area contributed by atoms with Crippen LogP contribution in [0.15, 0.2) is 97.3 Å². The molecule has 0 unspecified atom stereocenters. The minimum Gasteiger partial charge on any atom is -0.308 e. The normalized spacial score (nSPS) is 13.1. The predicted octanol–water partition coefficient (Wildman–Crippen LogP) is 7.57. The predicted molar refractivity (Wildman–Crippen MR) is 156 cm³/mol. The number of aromatic nitrogens is 2. The molecule has 188 valence electrons. The lowest BCUT2D eigenvalue weighted by molar-refractivity contribution is 0.0925. The zero-order valence-electron chi connectivity index (χ0n) is 21.9. The first kappa shape index (κ1) is 23.1. The summed E-state index contributed by atoms with van der Waals surface area (Å²) in [6.07, 6.45) is 3.59. The highest BCUT2D eigenvalue weighted by Crippen LogP contribution is 2.41. The Bertz CT molecular complexity index is 1960. The quantitative estimate of drug-likeness (QED) is 0.232. The van der Waals surface area contributed by atoms with Crippen LogP contribution in [-0.4, -0.2) is 21.4 Å². The van der Waals surface area contributed by atoms with Crippen molar-refractivity contribution in [2.75, 3.05) is 4.90 Å². The number of anilines is 1. The highest BCUT2D eigenvalue weighted by atomic mass is 16.2. The summed E-state index contributed by atoms with van der Waals surface area (Å²) < 4.78 is 2.12. The molecule has 0 fully saturated rings.